The first-order valence-corrected chi connectivity index (χ1v) is 17.6. The minimum atomic E-state index is -4.25. The van der Waals surface area contributed by atoms with Crippen LogP contribution in [-0.4, -0.2) is 43.3 Å². The van der Waals surface area contributed by atoms with Gasteiger partial charge in [-0.1, -0.05) is 88.9 Å². The second kappa shape index (κ2) is 15.1. The van der Waals surface area contributed by atoms with E-state index in [4.69, 9.17) is 34.8 Å². The Kier molecular flexibility index (Phi) is 11.7. The van der Waals surface area contributed by atoms with Crippen LogP contribution in [0.25, 0.3) is 0 Å². The SMILES string of the molecule is Cc1ccc(S(=O)(=O)N(CC(=O)N(Cc2ccc(Cl)c(Cl)c2)[C@H](Cc2ccccc2)C(=O)NC(C)(C)C)c2ccc(Cl)cc2C)cc1. The Bertz CT molecular complexity index is 1840. The summed E-state index contributed by atoms with van der Waals surface area (Å²) in [7, 11) is -4.25. The zero-order valence-corrected chi connectivity index (χ0v) is 30.0. The van der Waals surface area contributed by atoms with Crippen LogP contribution < -0.4 is 9.62 Å². The molecule has 0 heterocycles. The topological polar surface area (TPSA) is 86.8 Å². The molecule has 47 heavy (non-hydrogen) atoms. The van der Waals surface area contributed by atoms with Crippen LogP contribution in [0.4, 0.5) is 5.69 Å². The van der Waals surface area contributed by atoms with Gasteiger partial charge in [-0.25, -0.2) is 8.42 Å². The molecule has 2 amide bonds. The van der Waals surface area contributed by atoms with Crippen LogP contribution in [0.5, 0.6) is 0 Å². The van der Waals surface area contributed by atoms with Crippen molar-refractivity contribution < 1.29 is 18.0 Å². The number of rotatable bonds is 11. The van der Waals surface area contributed by atoms with Crippen molar-refractivity contribution in [1.29, 1.82) is 0 Å². The molecule has 0 radical (unpaired) electrons. The third kappa shape index (κ3) is 9.51. The largest absolute Gasteiger partial charge is 0.350 e. The number of nitrogens with one attached hydrogen (secondary N) is 1. The second-order valence-corrected chi connectivity index (χ2v) is 15.6. The molecule has 11 heteroatoms. The summed E-state index contributed by atoms with van der Waals surface area (Å²) < 4.78 is 29.6. The Labute approximate surface area is 292 Å². The summed E-state index contributed by atoms with van der Waals surface area (Å²) in [5.41, 5.74) is 2.57. The molecule has 0 aromatic heterocycles. The smallest absolute Gasteiger partial charge is 0.264 e. The van der Waals surface area contributed by atoms with Crippen molar-refractivity contribution in [3.05, 3.63) is 128 Å². The molecule has 0 aliphatic carbocycles. The van der Waals surface area contributed by atoms with Gasteiger partial charge in [0, 0.05) is 23.5 Å². The highest BCUT2D eigenvalue weighted by molar-refractivity contribution is 7.92. The molecule has 0 saturated carbocycles. The molecular formula is C36H38Cl3N3O4S. The summed E-state index contributed by atoms with van der Waals surface area (Å²) in [6.45, 7) is 8.53. The van der Waals surface area contributed by atoms with E-state index < -0.39 is 34.1 Å². The summed E-state index contributed by atoms with van der Waals surface area (Å²) in [6.07, 6.45) is 0.181. The highest BCUT2D eigenvalue weighted by atomic mass is 35.5. The Balaban J connectivity index is 1.86. The number of benzene rings is 4. The maximum Gasteiger partial charge on any atom is 0.264 e. The number of sulfonamides is 1. The molecule has 0 spiro atoms. The van der Waals surface area contributed by atoms with Gasteiger partial charge < -0.3 is 10.2 Å². The summed E-state index contributed by atoms with van der Waals surface area (Å²) in [5, 5.41) is 4.07. The van der Waals surface area contributed by atoms with Crippen LogP contribution in [0.15, 0.2) is 95.9 Å². The number of carbonyl (C=O) groups excluding carboxylic acids is 2. The van der Waals surface area contributed by atoms with Gasteiger partial charge in [0.2, 0.25) is 11.8 Å². The molecule has 1 N–H and O–H groups in total. The first-order valence-electron chi connectivity index (χ1n) is 15.0. The third-order valence-corrected chi connectivity index (χ3v) is 10.2. The van der Waals surface area contributed by atoms with Gasteiger partial charge in [-0.05, 0) is 93.8 Å². The summed E-state index contributed by atoms with van der Waals surface area (Å²) in [5.74, 6) is -0.975. The predicted molar refractivity (Wildman–Crippen MR) is 191 cm³/mol. The number of anilines is 1. The van der Waals surface area contributed by atoms with Gasteiger partial charge in [-0.3, -0.25) is 13.9 Å². The van der Waals surface area contributed by atoms with Crippen molar-refractivity contribution >= 4 is 62.3 Å². The monoisotopic (exact) mass is 713 g/mol. The standard InChI is InChI=1S/C36H38Cl3N3O4S/c1-24-11-15-29(16-12-24)47(45,46)42(32-18-14-28(37)19-25(32)2)23-34(43)41(22-27-13-17-30(38)31(39)20-27)33(35(44)40-36(3,4)5)21-26-9-7-6-8-10-26/h6-20,33H,21-23H2,1-5H3,(H,40,44)/t33-/m1/s1. The van der Waals surface area contributed by atoms with E-state index in [0.717, 1.165) is 15.4 Å². The molecule has 4 aromatic carbocycles. The van der Waals surface area contributed by atoms with E-state index in [9.17, 15) is 18.0 Å². The molecule has 4 aromatic rings. The minimum absolute atomic E-state index is 0.0209. The number of carbonyl (C=O) groups is 2. The molecule has 0 bridgehead atoms. The average Bonchev–Trinajstić information content (AvgIpc) is 2.99. The van der Waals surface area contributed by atoms with Crippen molar-refractivity contribution in [3.8, 4) is 0 Å². The van der Waals surface area contributed by atoms with E-state index in [-0.39, 0.29) is 34.5 Å². The van der Waals surface area contributed by atoms with Crippen molar-refractivity contribution in [2.45, 2.75) is 64.1 Å². The van der Waals surface area contributed by atoms with E-state index in [0.29, 0.717) is 21.2 Å². The molecule has 0 aliphatic heterocycles. The minimum Gasteiger partial charge on any atom is -0.350 e. The number of halogens is 3. The maximum atomic E-state index is 14.6. The Morgan fingerprint density at radius 1 is 0.809 bits per heavy atom. The highest BCUT2D eigenvalue weighted by Gasteiger charge is 2.36. The first kappa shape index (κ1) is 36.3. The van der Waals surface area contributed by atoms with Gasteiger partial charge >= 0.3 is 0 Å². The number of hydrogen-bond acceptors (Lipinski definition) is 4. The maximum absolute atomic E-state index is 14.6. The van der Waals surface area contributed by atoms with E-state index >= 15 is 0 Å². The zero-order valence-electron chi connectivity index (χ0n) is 26.9. The molecular weight excluding hydrogens is 677 g/mol. The van der Waals surface area contributed by atoms with Crippen molar-refractivity contribution in [3.63, 3.8) is 0 Å². The van der Waals surface area contributed by atoms with Gasteiger partial charge in [-0.2, -0.15) is 0 Å². The average molecular weight is 715 g/mol. The normalized spacial score (nSPS) is 12.3. The summed E-state index contributed by atoms with van der Waals surface area (Å²) >= 11 is 18.8. The lowest BCUT2D eigenvalue weighted by Crippen LogP contribution is -2.56. The molecule has 7 nitrogen and oxygen atoms in total. The fourth-order valence-electron chi connectivity index (χ4n) is 5.09. The number of hydrogen-bond donors (Lipinski definition) is 1. The molecule has 0 fully saturated rings. The molecule has 0 saturated heterocycles. The summed E-state index contributed by atoms with van der Waals surface area (Å²) in [4.78, 5) is 30.1. The van der Waals surface area contributed by atoms with Crippen LogP contribution in [0.2, 0.25) is 15.1 Å². The van der Waals surface area contributed by atoms with Gasteiger partial charge in [-0.15, -0.1) is 0 Å². The van der Waals surface area contributed by atoms with Crippen LogP contribution in [0.1, 0.15) is 43.0 Å². The molecule has 248 valence electrons. The van der Waals surface area contributed by atoms with E-state index in [1.54, 1.807) is 55.5 Å². The Morgan fingerprint density at radius 3 is 2.06 bits per heavy atom. The van der Waals surface area contributed by atoms with Gasteiger partial charge in [0.1, 0.15) is 12.6 Å². The lowest BCUT2D eigenvalue weighted by atomic mass is 10.0. The lowest BCUT2D eigenvalue weighted by Gasteiger charge is -2.35. The van der Waals surface area contributed by atoms with Gasteiger partial charge in [0.25, 0.3) is 10.0 Å². The fraction of sp³-hybridized carbons (Fsp3) is 0.278. The fourth-order valence-corrected chi connectivity index (χ4v) is 7.12. The summed E-state index contributed by atoms with van der Waals surface area (Å²) in [6, 6.07) is 24.5. The highest BCUT2D eigenvalue weighted by Crippen LogP contribution is 2.30. The Morgan fingerprint density at radius 2 is 1.47 bits per heavy atom. The van der Waals surface area contributed by atoms with Crippen LogP contribution in [0, 0.1) is 13.8 Å². The number of aryl methyl sites for hydroxylation is 2. The zero-order chi connectivity index (χ0) is 34.5. The molecule has 0 unspecified atom stereocenters. The number of nitrogens with zero attached hydrogens (tertiary/aromatic N) is 2. The quantitative estimate of drug-likeness (QED) is 0.171. The Hall–Kier alpha value is -3.56. The van der Waals surface area contributed by atoms with E-state index in [1.165, 1.54) is 17.0 Å². The van der Waals surface area contributed by atoms with Gasteiger partial charge in [0.15, 0.2) is 0 Å². The van der Waals surface area contributed by atoms with Crippen molar-refractivity contribution in [2.24, 2.45) is 0 Å². The molecule has 4 rings (SSSR count). The van der Waals surface area contributed by atoms with Crippen molar-refractivity contribution in [1.82, 2.24) is 10.2 Å². The molecule has 1 atom stereocenters. The molecule has 0 aliphatic rings. The van der Waals surface area contributed by atoms with Crippen LogP contribution in [0.3, 0.4) is 0 Å². The third-order valence-electron chi connectivity index (χ3n) is 7.42. The van der Waals surface area contributed by atoms with Crippen LogP contribution >= 0.6 is 34.8 Å². The second-order valence-electron chi connectivity index (χ2n) is 12.5. The van der Waals surface area contributed by atoms with Gasteiger partial charge in [0.05, 0.1) is 20.6 Å². The first-order chi connectivity index (χ1) is 22.0. The number of amides is 2. The van der Waals surface area contributed by atoms with E-state index in [1.807, 2.05) is 58.0 Å². The van der Waals surface area contributed by atoms with Crippen molar-refractivity contribution in [2.75, 3.05) is 10.8 Å². The lowest BCUT2D eigenvalue weighted by molar-refractivity contribution is -0.140. The predicted octanol–water partition coefficient (Wildman–Crippen LogP) is 8.01. The van der Waals surface area contributed by atoms with E-state index in [2.05, 4.69) is 5.32 Å². The van der Waals surface area contributed by atoms with Crippen LogP contribution in [-0.2, 0) is 32.6 Å².